The van der Waals surface area contributed by atoms with Gasteiger partial charge in [-0.3, -0.25) is 4.79 Å². The average molecular weight is 548 g/mol. The fraction of sp³-hybridized carbons (Fsp3) is 0.172. The van der Waals surface area contributed by atoms with E-state index in [1.807, 2.05) is 0 Å². The van der Waals surface area contributed by atoms with Crippen LogP contribution < -0.4 is 25.4 Å². The van der Waals surface area contributed by atoms with Crippen LogP contribution in [-0.2, 0) is 11.2 Å². The van der Waals surface area contributed by atoms with E-state index < -0.39 is 11.8 Å². The molecule has 3 N–H and O–H groups in total. The maximum atomic E-state index is 14.9. The van der Waals surface area contributed by atoms with E-state index in [0.29, 0.717) is 35.3 Å². The highest BCUT2D eigenvalue weighted by Crippen LogP contribution is 2.35. The molecule has 4 rings (SSSR count). The minimum Gasteiger partial charge on any atom is -0.494 e. The number of allylic oxidation sites excluding steroid dienone is 1. The van der Waals surface area contributed by atoms with Crippen LogP contribution in [0, 0.1) is 11.6 Å². The Labute approximate surface area is 229 Å². The highest BCUT2D eigenvalue weighted by Gasteiger charge is 2.15. The first-order valence-electron chi connectivity index (χ1n) is 12.3. The van der Waals surface area contributed by atoms with Crippen molar-refractivity contribution in [2.75, 3.05) is 24.3 Å². The molecule has 0 radical (unpaired) electrons. The Hall–Kier alpha value is -5.06. The molecule has 9 nitrogen and oxygen atoms in total. The number of ether oxygens (including phenoxy) is 2. The number of urea groups is 1. The van der Waals surface area contributed by atoms with Crippen LogP contribution in [-0.4, -0.2) is 35.6 Å². The van der Waals surface area contributed by atoms with Gasteiger partial charge in [0.25, 0.3) is 0 Å². The zero-order valence-electron chi connectivity index (χ0n) is 22.0. The molecular weight excluding hydrogens is 520 g/mol. The summed E-state index contributed by atoms with van der Waals surface area (Å²) in [5, 5.41) is 8.40. The molecule has 4 aromatic rings. The van der Waals surface area contributed by atoms with Gasteiger partial charge in [0.15, 0.2) is 11.6 Å². The molecule has 0 fully saturated rings. The van der Waals surface area contributed by atoms with Crippen LogP contribution in [0.25, 0.3) is 10.9 Å². The molecular formula is C29H27F2N5O4. The number of anilines is 2. The van der Waals surface area contributed by atoms with Gasteiger partial charge in [-0.25, -0.2) is 23.5 Å². The molecule has 3 aromatic carbocycles. The third-order valence-corrected chi connectivity index (χ3v) is 5.61. The Morgan fingerprint density at radius 1 is 0.950 bits per heavy atom. The van der Waals surface area contributed by atoms with E-state index in [1.165, 1.54) is 43.8 Å². The predicted octanol–water partition coefficient (Wildman–Crippen LogP) is 5.98. The first-order chi connectivity index (χ1) is 19.2. The van der Waals surface area contributed by atoms with E-state index in [1.54, 1.807) is 38.1 Å². The summed E-state index contributed by atoms with van der Waals surface area (Å²) in [6, 6.07) is 12.6. The summed E-state index contributed by atoms with van der Waals surface area (Å²) < 4.78 is 39.1. The average Bonchev–Trinajstić information content (AvgIpc) is 2.90. The highest BCUT2D eigenvalue weighted by molar-refractivity contribution is 6.03. The Kier molecular flexibility index (Phi) is 8.85. The first kappa shape index (κ1) is 28.0. The van der Waals surface area contributed by atoms with Gasteiger partial charge in [0, 0.05) is 30.4 Å². The lowest BCUT2D eigenvalue weighted by atomic mass is 10.1. The molecule has 40 heavy (non-hydrogen) atoms. The molecule has 1 heterocycles. The molecule has 0 bridgehead atoms. The minimum atomic E-state index is -0.735. The predicted molar refractivity (Wildman–Crippen MR) is 148 cm³/mol. The number of hydrogen-bond acceptors (Lipinski definition) is 6. The maximum Gasteiger partial charge on any atom is 0.319 e. The highest BCUT2D eigenvalue weighted by atomic mass is 19.1. The van der Waals surface area contributed by atoms with Gasteiger partial charge in [-0.15, -0.1) is 0 Å². The molecule has 0 saturated carbocycles. The monoisotopic (exact) mass is 547 g/mol. The number of hydrogen-bond donors (Lipinski definition) is 3. The molecule has 206 valence electrons. The fourth-order valence-corrected chi connectivity index (χ4v) is 3.75. The van der Waals surface area contributed by atoms with E-state index in [2.05, 4.69) is 25.9 Å². The maximum absolute atomic E-state index is 14.9. The molecule has 0 aliphatic rings. The number of rotatable bonds is 9. The molecule has 0 atom stereocenters. The van der Waals surface area contributed by atoms with Gasteiger partial charge in [0.1, 0.15) is 17.9 Å². The van der Waals surface area contributed by atoms with Crippen LogP contribution >= 0.6 is 0 Å². The van der Waals surface area contributed by atoms with Crippen molar-refractivity contribution in [1.82, 2.24) is 15.3 Å². The van der Waals surface area contributed by atoms with Gasteiger partial charge in [-0.2, -0.15) is 0 Å². The van der Waals surface area contributed by atoms with Gasteiger partial charge in [0.2, 0.25) is 11.8 Å². The molecule has 0 unspecified atom stereocenters. The first-order valence-corrected chi connectivity index (χ1v) is 12.3. The zero-order valence-corrected chi connectivity index (χ0v) is 22.0. The van der Waals surface area contributed by atoms with Crippen molar-refractivity contribution >= 4 is 34.2 Å². The number of fused-ring (bicyclic) bond motifs is 1. The lowest BCUT2D eigenvalue weighted by Crippen LogP contribution is -2.30. The van der Waals surface area contributed by atoms with Crippen LogP contribution in [0.15, 0.2) is 72.6 Å². The van der Waals surface area contributed by atoms with E-state index in [-0.39, 0.29) is 29.0 Å². The Bertz CT molecular complexity index is 1570. The second-order valence-electron chi connectivity index (χ2n) is 8.96. The number of amides is 3. The third kappa shape index (κ3) is 7.28. The van der Waals surface area contributed by atoms with E-state index in [4.69, 9.17) is 9.47 Å². The quantitative estimate of drug-likeness (QED) is 0.222. The number of nitrogens with one attached hydrogen (secondary N) is 3. The van der Waals surface area contributed by atoms with Crippen molar-refractivity contribution in [3.63, 3.8) is 0 Å². The summed E-state index contributed by atoms with van der Waals surface area (Å²) in [5.41, 5.74) is 2.72. The van der Waals surface area contributed by atoms with Gasteiger partial charge in [-0.1, -0.05) is 17.7 Å². The van der Waals surface area contributed by atoms with Crippen molar-refractivity contribution in [2.45, 2.75) is 20.3 Å². The second kappa shape index (κ2) is 12.7. The number of halogens is 2. The Balaban J connectivity index is 1.45. The molecule has 0 aliphatic carbocycles. The van der Waals surface area contributed by atoms with Crippen molar-refractivity contribution in [1.29, 1.82) is 0 Å². The molecule has 0 saturated heterocycles. The smallest absolute Gasteiger partial charge is 0.319 e. The topological polar surface area (TPSA) is 114 Å². The van der Waals surface area contributed by atoms with Gasteiger partial charge >= 0.3 is 6.03 Å². The lowest BCUT2D eigenvalue weighted by Gasteiger charge is -2.13. The van der Waals surface area contributed by atoms with E-state index >= 15 is 0 Å². The van der Waals surface area contributed by atoms with Crippen LogP contribution in [0.5, 0.6) is 17.4 Å². The van der Waals surface area contributed by atoms with Crippen LogP contribution in [0.1, 0.15) is 19.4 Å². The van der Waals surface area contributed by atoms with Crippen LogP contribution in [0.4, 0.5) is 25.0 Å². The Morgan fingerprint density at radius 2 is 1.73 bits per heavy atom. The molecule has 11 heteroatoms. The molecule has 0 aliphatic heterocycles. The van der Waals surface area contributed by atoms with Crippen molar-refractivity contribution < 1.29 is 27.8 Å². The van der Waals surface area contributed by atoms with Crippen molar-refractivity contribution in [3.05, 3.63) is 89.8 Å². The number of nitrogens with zero attached hydrogens (tertiary/aromatic N) is 2. The van der Waals surface area contributed by atoms with E-state index in [0.717, 1.165) is 17.2 Å². The number of carbonyl (C=O) groups excluding carboxylic acids is 2. The normalized spacial score (nSPS) is 10.5. The van der Waals surface area contributed by atoms with Gasteiger partial charge in [-0.05, 0) is 56.2 Å². The van der Waals surface area contributed by atoms with Crippen molar-refractivity contribution in [2.24, 2.45) is 0 Å². The minimum absolute atomic E-state index is 0.0588. The summed E-state index contributed by atoms with van der Waals surface area (Å²) in [4.78, 5) is 32.9. The zero-order chi connectivity index (χ0) is 28.6. The summed E-state index contributed by atoms with van der Waals surface area (Å²) in [6.45, 7) is 3.91. The van der Waals surface area contributed by atoms with Gasteiger partial charge in [0.05, 0.1) is 23.7 Å². The summed E-state index contributed by atoms with van der Waals surface area (Å²) in [7, 11) is 1.47. The molecule has 1 aromatic heterocycles. The SMILES string of the molecule is COc1cc2ncnc(Oc3ccc(NC(=O)NCCc4ccc(F)cc4)cc3F)c2cc1NC(=O)C=C(C)C. The van der Waals surface area contributed by atoms with Crippen LogP contribution in [0.2, 0.25) is 0 Å². The summed E-state index contributed by atoms with van der Waals surface area (Å²) in [5.74, 6) is -1.10. The number of aromatic nitrogens is 2. The fourth-order valence-electron chi connectivity index (χ4n) is 3.75. The van der Waals surface area contributed by atoms with Gasteiger partial charge < -0.3 is 25.4 Å². The standard InChI is InChI=1S/C29H27F2N5O4/c1-17(2)12-27(37)36-24-14-21-23(15-26(24)39-3)33-16-34-28(21)40-25-9-8-20(13-22(25)31)35-29(38)32-11-10-18-4-6-19(30)7-5-18/h4-9,12-16H,10-11H2,1-3H3,(H,36,37)(H2,32,35,38). The van der Waals surface area contributed by atoms with Crippen LogP contribution in [0.3, 0.4) is 0 Å². The Morgan fingerprint density at radius 3 is 2.42 bits per heavy atom. The number of methoxy groups -OCH3 is 1. The van der Waals surface area contributed by atoms with Crippen molar-refractivity contribution in [3.8, 4) is 17.4 Å². The lowest BCUT2D eigenvalue weighted by molar-refractivity contribution is -0.112. The summed E-state index contributed by atoms with van der Waals surface area (Å²) >= 11 is 0. The van der Waals surface area contributed by atoms with E-state index in [9.17, 15) is 18.4 Å². The summed E-state index contributed by atoms with van der Waals surface area (Å²) in [6.07, 6.45) is 3.22. The number of carbonyl (C=O) groups is 2. The molecule has 0 spiro atoms. The molecule has 3 amide bonds. The number of benzene rings is 3. The largest absolute Gasteiger partial charge is 0.494 e. The third-order valence-electron chi connectivity index (χ3n) is 5.61. The second-order valence-corrected chi connectivity index (χ2v) is 8.96.